The second-order valence-corrected chi connectivity index (χ2v) is 6.60. The zero-order valence-corrected chi connectivity index (χ0v) is 15.3. The van der Waals surface area contributed by atoms with Crippen molar-refractivity contribution in [2.24, 2.45) is 0 Å². The normalized spacial score (nSPS) is 13.6. The van der Waals surface area contributed by atoms with Gasteiger partial charge in [0.15, 0.2) is 23.0 Å². The summed E-state index contributed by atoms with van der Waals surface area (Å²) in [6.07, 6.45) is 0.283. The molecule has 29 heavy (non-hydrogen) atoms. The summed E-state index contributed by atoms with van der Waals surface area (Å²) in [7, 11) is 0. The minimum Gasteiger partial charge on any atom is -0.506 e. The summed E-state index contributed by atoms with van der Waals surface area (Å²) in [5.41, 5.74) is 1.89. The van der Waals surface area contributed by atoms with E-state index < -0.39 is 5.91 Å². The minimum absolute atomic E-state index is 0.0103. The number of carbonyl (C=O) groups excluding carboxylic acids is 2. The second-order valence-electron chi connectivity index (χ2n) is 6.60. The highest BCUT2D eigenvalue weighted by atomic mass is 16.7. The van der Waals surface area contributed by atoms with Crippen LogP contribution in [0.15, 0.2) is 30.3 Å². The number of amides is 2. The average Bonchev–Trinajstić information content (AvgIpc) is 3.37. The van der Waals surface area contributed by atoms with E-state index in [2.05, 4.69) is 5.32 Å². The van der Waals surface area contributed by atoms with Gasteiger partial charge in [0.1, 0.15) is 5.75 Å². The van der Waals surface area contributed by atoms with Crippen LogP contribution in [0, 0.1) is 6.92 Å². The SMILES string of the molecule is Cc1c(C(=O)NC=O)c(O)c2ccc3c(c2c1-c1ccc2c(c1)OCO2)OCO3. The summed E-state index contributed by atoms with van der Waals surface area (Å²) in [4.78, 5) is 23.4. The maximum absolute atomic E-state index is 12.5. The van der Waals surface area contributed by atoms with Crippen molar-refractivity contribution in [3.8, 4) is 39.9 Å². The van der Waals surface area contributed by atoms with Gasteiger partial charge in [-0.25, -0.2) is 0 Å². The van der Waals surface area contributed by atoms with Crippen LogP contribution in [-0.2, 0) is 4.79 Å². The van der Waals surface area contributed by atoms with Gasteiger partial charge in [-0.1, -0.05) is 6.07 Å². The number of aromatic hydroxyl groups is 1. The number of hydrogen-bond acceptors (Lipinski definition) is 7. The number of nitrogens with one attached hydrogen (secondary N) is 1. The van der Waals surface area contributed by atoms with Crippen LogP contribution < -0.4 is 24.3 Å². The molecule has 2 amide bonds. The van der Waals surface area contributed by atoms with Crippen LogP contribution in [0.5, 0.6) is 28.7 Å². The summed E-state index contributed by atoms with van der Waals surface area (Å²) >= 11 is 0. The molecule has 2 aliphatic rings. The van der Waals surface area contributed by atoms with E-state index in [0.717, 1.165) is 5.56 Å². The van der Waals surface area contributed by atoms with Crippen molar-refractivity contribution in [3.05, 3.63) is 41.5 Å². The first kappa shape index (κ1) is 17.2. The molecular formula is C21H15NO7. The zero-order chi connectivity index (χ0) is 20.1. The topological polar surface area (TPSA) is 103 Å². The van der Waals surface area contributed by atoms with E-state index in [1.165, 1.54) is 0 Å². The molecule has 0 atom stereocenters. The number of benzene rings is 3. The second kappa shape index (κ2) is 6.30. The van der Waals surface area contributed by atoms with Gasteiger partial charge in [-0.3, -0.25) is 14.9 Å². The van der Waals surface area contributed by atoms with Crippen LogP contribution in [-0.4, -0.2) is 31.0 Å². The van der Waals surface area contributed by atoms with E-state index >= 15 is 0 Å². The summed E-state index contributed by atoms with van der Waals surface area (Å²) in [6.45, 7) is 1.89. The molecular weight excluding hydrogens is 378 g/mol. The lowest BCUT2D eigenvalue weighted by atomic mass is 9.88. The summed E-state index contributed by atoms with van der Waals surface area (Å²) in [5, 5.41) is 14.0. The fraction of sp³-hybridized carbons (Fsp3) is 0.143. The van der Waals surface area contributed by atoms with Crippen molar-refractivity contribution in [1.82, 2.24) is 5.32 Å². The van der Waals surface area contributed by atoms with E-state index in [4.69, 9.17) is 18.9 Å². The molecule has 8 heteroatoms. The largest absolute Gasteiger partial charge is 0.506 e. The van der Waals surface area contributed by atoms with Crippen molar-refractivity contribution in [2.45, 2.75) is 6.92 Å². The molecule has 0 radical (unpaired) electrons. The lowest BCUT2D eigenvalue weighted by molar-refractivity contribution is -0.108. The Balaban J connectivity index is 1.89. The Morgan fingerprint density at radius 3 is 2.59 bits per heavy atom. The smallest absolute Gasteiger partial charge is 0.261 e. The Labute approximate surface area is 164 Å². The highest BCUT2D eigenvalue weighted by molar-refractivity contribution is 6.15. The Kier molecular flexibility index (Phi) is 3.73. The van der Waals surface area contributed by atoms with Gasteiger partial charge in [0.25, 0.3) is 5.91 Å². The molecule has 2 N–H and O–H groups in total. The van der Waals surface area contributed by atoms with Crippen LogP contribution >= 0.6 is 0 Å². The predicted molar refractivity (Wildman–Crippen MR) is 102 cm³/mol. The van der Waals surface area contributed by atoms with Crippen molar-refractivity contribution >= 4 is 23.1 Å². The fourth-order valence-corrected chi connectivity index (χ4v) is 3.86. The van der Waals surface area contributed by atoms with Gasteiger partial charge < -0.3 is 24.1 Å². The number of hydrogen-bond donors (Lipinski definition) is 2. The molecule has 0 saturated heterocycles. The maximum Gasteiger partial charge on any atom is 0.261 e. The van der Waals surface area contributed by atoms with E-state index in [1.54, 1.807) is 31.2 Å². The quantitative estimate of drug-likeness (QED) is 0.660. The van der Waals surface area contributed by atoms with Crippen molar-refractivity contribution in [1.29, 1.82) is 0 Å². The van der Waals surface area contributed by atoms with E-state index in [1.807, 2.05) is 6.07 Å². The number of phenols is 1. The average molecular weight is 393 g/mol. The molecule has 0 fully saturated rings. The predicted octanol–water partition coefficient (Wildman–Crippen LogP) is 2.86. The molecule has 0 aromatic heterocycles. The molecule has 0 aliphatic carbocycles. The summed E-state index contributed by atoms with van der Waals surface area (Å²) < 4.78 is 22.0. The first-order valence-electron chi connectivity index (χ1n) is 8.82. The number of rotatable bonds is 3. The molecule has 0 spiro atoms. The molecule has 5 rings (SSSR count). The lowest BCUT2D eigenvalue weighted by Gasteiger charge is -2.18. The van der Waals surface area contributed by atoms with Crippen LogP contribution in [0.25, 0.3) is 21.9 Å². The highest BCUT2D eigenvalue weighted by Gasteiger charge is 2.28. The standard InChI is InChI=1S/C21H15NO7/c1-10-16(11-2-4-13-15(6-11)28-8-26-13)18-12(3-5-14-20(18)29-9-27-14)19(24)17(10)21(25)22-7-23/h2-7,24H,8-9H2,1H3,(H,22,23,25). The molecule has 2 heterocycles. The molecule has 146 valence electrons. The van der Waals surface area contributed by atoms with E-state index in [0.29, 0.717) is 44.9 Å². The van der Waals surface area contributed by atoms with Gasteiger partial charge in [-0.15, -0.1) is 0 Å². The van der Waals surface area contributed by atoms with Gasteiger partial charge in [0.05, 0.1) is 5.56 Å². The molecule has 8 nitrogen and oxygen atoms in total. The fourth-order valence-electron chi connectivity index (χ4n) is 3.86. The first-order valence-corrected chi connectivity index (χ1v) is 8.82. The molecule has 0 unspecified atom stereocenters. The number of imide groups is 1. The molecule has 0 bridgehead atoms. The Morgan fingerprint density at radius 1 is 1.03 bits per heavy atom. The zero-order valence-electron chi connectivity index (χ0n) is 15.3. The third kappa shape index (κ3) is 2.46. The highest BCUT2D eigenvalue weighted by Crippen LogP contribution is 2.50. The Hall–Kier alpha value is -3.94. The van der Waals surface area contributed by atoms with Gasteiger partial charge in [-0.2, -0.15) is 0 Å². The van der Waals surface area contributed by atoms with Gasteiger partial charge in [0, 0.05) is 10.8 Å². The molecule has 3 aromatic rings. The molecule has 3 aromatic carbocycles. The van der Waals surface area contributed by atoms with Gasteiger partial charge >= 0.3 is 0 Å². The van der Waals surface area contributed by atoms with E-state index in [9.17, 15) is 14.7 Å². The Morgan fingerprint density at radius 2 is 1.76 bits per heavy atom. The number of ether oxygens (including phenoxy) is 4. The van der Waals surface area contributed by atoms with E-state index in [-0.39, 0.29) is 31.3 Å². The third-order valence-corrected chi connectivity index (χ3v) is 5.11. The number of phenolic OH excluding ortho intramolecular Hbond substituents is 1. The van der Waals surface area contributed by atoms with Crippen molar-refractivity contribution < 1.29 is 33.6 Å². The number of fused-ring (bicyclic) bond motifs is 4. The lowest BCUT2D eigenvalue weighted by Crippen LogP contribution is -2.22. The Bertz CT molecular complexity index is 1200. The van der Waals surface area contributed by atoms with Crippen LogP contribution in [0.3, 0.4) is 0 Å². The van der Waals surface area contributed by atoms with Crippen molar-refractivity contribution in [2.75, 3.05) is 13.6 Å². The third-order valence-electron chi connectivity index (χ3n) is 5.11. The maximum atomic E-state index is 12.5. The summed E-state index contributed by atoms with van der Waals surface area (Å²) in [6, 6.07) is 8.75. The van der Waals surface area contributed by atoms with Crippen molar-refractivity contribution in [3.63, 3.8) is 0 Å². The molecule has 2 aliphatic heterocycles. The molecule has 0 saturated carbocycles. The summed E-state index contributed by atoms with van der Waals surface area (Å²) in [5.74, 6) is 1.29. The van der Waals surface area contributed by atoms with Crippen LogP contribution in [0.4, 0.5) is 0 Å². The minimum atomic E-state index is -0.698. The number of carbonyl (C=O) groups is 2. The van der Waals surface area contributed by atoms with Crippen LogP contribution in [0.2, 0.25) is 0 Å². The van der Waals surface area contributed by atoms with Gasteiger partial charge in [-0.05, 0) is 47.9 Å². The monoisotopic (exact) mass is 393 g/mol. The first-order chi connectivity index (χ1) is 14.1. The van der Waals surface area contributed by atoms with Crippen LogP contribution in [0.1, 0.15) is 15.9 Å². The van der Waals surface area contributed by atoms with Gasteiger partial charge in [0.2, 0.25) is 20.0 Å².